The lowest BCUT2D eigenvalue weighted by molar-refractivity contribution is -0.131. The van der Waals surface area contributed by atoms with Gasteiger partial charge in [-0.3, -0.25) is 4.79 Å². The lowest BCUT2D eigenvalue weighted by Crippen LogP contribution is -2.36. The van der Waals surface area contributed by atoms with Crippen LogP contribution in [0.4, 0.5) is 4.39 Å². The maximum absolute atomic E-state index is 13.9. The number of rotatable bonds is 6. The first-order chi connectivity index (χ1) is 11.6. The van der Waals surface area contributed by atoms with Crippen LogP contribution in [0.5, 0.6) is 0 Å². The van der Waals surface area contributed by atoms with Crippen molar-refractivity contribution in [2.75, 3.05) is 19.6 Å². The molecule has 3 rings (SSSR count). The van der Waals surface area contributed by atoms with Crippen LogP contribution < -0.4 is 5.32 Å². The highest BCUT2D eigenvalue weighted by Gasteiger charge is 2.23. The molecule has 1 aromatic heterocycles. The third-order valence-electron chi connectivity index (χ3n) is 4.47. The Kier molecular flexibility index (Phi) is 5.58. The fraction of sp³-hybridized carbons (Fsp3) is 0.444. The van der Waals surface area contributed by atoms with Gasteiger partial charge in [0.15, 0.2) is 0 Å². The van der Waals surface area contributed by atoms with Crippen molar-refractivity contribution in [1.29, 1.82) is 0 Å². The average molecular weight is 347 g/mol. The van der Waals surface area contributed by atoms with Gasteiger partial charge >= 0.3 is 0 Å². The zero-order valence-electron chi connectivity index (χ0n) is 13.8. The molecule has 1 fully saturated rings. The van der Waals surface area contributed by atoms with Crippen LogP contribution in [-0.4, -0.2) is 35.4 Å². The van der Waals surface area contributed by atoms with Crippen molar-refractivity contribution in [2.24, 2.45) is 5.92 Å². The molecule has 1 aliphatic heterocycles. The Morgan fingerprint density at radius 3 is 2.96 bits per heavy atom. The van der Waals surface area contributed by atoms with Crippen LogP contribution in [-0.2, 0) is 17.8 Å². The van der Waals surface area contributed by atoms with Crippen LogP contribution in [0.1, 0.15) is 22.6 Å². The van der Waals surface area contributed by atoms with E-state index < -0.39 is 0 Å². The quantitative estimate of drug-likeness (QED) is 0.874. The first kappa shape index (κ1) is 17.0. The summed E-state index contributed by atoms with van der Waals surface area (Å²) < 4.78 is 13.9. The number of amides is 1. The average Bonchev–Trinajstić information content (AvgIpc) is 3.21. The molecule has 6 heteroatoms. The topological polar surface area (TPSA) is 45.2 Å². The molecule has 24 heavy (non-hydrogen) atoms. The van der Waals surface area contributed by atoms with E-state index in [9.17, 15) is 9.18 Å². The predicted molar refractivity (Wildman–Crippen MR) is 93.3 cm³/mol. The molecule has 0 aliphatic carbocycles. The third-order valence-corrected chi connectivity index (χ3v) is 5.39. The van der Waals surface area contributed by atoms with Gasteiger partial charge in [0, 0.05) is 11.4 Å². The van der Waals surface area contributed by atoms with E-state index in [4.69, 9.17) is 0 Å². The van der Waals surface area contributed by atoms with E-state index in [0.717, 1.165) is 30.1 Å². The summed E-state index contributed by atoms with van der Waals surface area (Å²) in [6, 6.07) is 6.50. The second-order valence-corrected chi connectivity index (χ2v) is 7.20. The van der Waals surface area contributed by atoms with E-state index in [-0.39, 0.29) is 18.1 Å². The number of aryl methyl sites for hydroxylation is 1. The minimum Gasteiger partial charge on any atom is -0.337 e. The van der Waals surface area contributed by atoms with E-state index in [1.165, 1.54) is 6.07 Å². The first-order valence-corrected chi connectivity index (χ1v) is 9.12. The van der Waals surface area contributed by atoms with Gasteiger partial charge < -0.3 is 10.2 Å². The fourth-order valence-corrected chi connectivity index (χ4v) is 3.80. The summed E-state index contributed by atoms with van der Waals surface area (Å²) in [5.74, 6) is 0.116. The van der Waals surface area contributed by atoms with Crippen LogP contribution in [0.3, 0.4) is 0 Å². The summed E-state index contributed by atoms with van der Waals surface area (Å²) in [4.78, 5) is 20.0. The number of nitrogens with zero attached hydrogens (tertiary/aromatic N) is 2. The van der Waals surface area contributed by atoms with Gasteiger partial charge in [-0.25, -0.2) is 9.37 Å². The summed E-state index contributed by atoms with van der Waals surface area (Å²) in [5, 5.41) is 3.34. The molecule has 0 bridgehead atoms. The minimum absolute atomic E-state index is 0.0280. The molecule has 1 N–H and O–H groups in total. The summed E-state index contributed by atoms with van der Waals surface area (Å²) in [6.07, 6.45) is 1.18. The number of carbonyl (C=O) groups is 1. The van der Waals surface area contributed by atoms with Gasteiger partial charge in [-0.2, -0.15) is 0 Å². The zero-order valence-corrected chi connectivity index (χ0v) is 14.6. The summed E-state index contributed by atoms with van der Waals surface area (Å²) in [7, 11) is 0. The number of benzene rings is 1. The molecular formula is C18H22FN3OS. The number of hydrogen-bond donors (Lipinski definition) is 1. The SMILES string of the molecule is Cc1ncsc1CN(CC1CCNC1)C(=O)Cc1ccccc1F. The number of halogens is 1. The zero-order chi connectivity index (χ0) is 16.9. The number of thiazole rings is 1. The highest BCUT2D eigenvalue weighted by molar-refractivity contribution is 7.09. The Morgan fingerprint density at radius 1 is 1.46 bits per heavy atom. The van der Waals surface area contributed by atoms with Gasteiger partial charge in [-0.05, 0) is 44.0 Å². The molecule has 128 valence electrons. The van der Waals surface area contributed by atoms with Crippen LogP contribution in [0, 0.1) is 18.7 Å². The van der Waals surface area contributed by atoms with E-state index in [1.54, 1.807) is 35.0 Å². The smallest absolute Gasteiger partial charge is 0.227 e. The van der Waals surface area contributed by atoms with Crippen molar-refractivity contribution in [2.45, 2.75) is 26.3 Å². The summed E-state index contributed by atoms with van der Waals surface area (Å²) in [5.41, 5.74) is 3.23. The molecule has 1 aliphatic rings. The molecule has 1 amide bonds. The molecule has 2 heterocycles. The third kappa shape index (κ3) is 4.19. The van der Waals surface area contributed by atoms with Crippen molar-refractivity contribution in [1.82, 2.24) is 15.2 Å². The Bertz CT molecular complexity index is 697. The Hall–Kier alpha value is -1.79. The maximum Gasteiger partial charge on any atom is 0.227 e. The molecule has 1 unspecified atom stereocenters. The molecule has 0 saturated carbocycles. The van der Waals surface area contributed by atoms with E-state index in [1.807, 2.05) is 11.8 Å². The molecule has 0 radical (unpaired) electrons. The van der Waals surface area contributed by atoms with E-state index in [0.29, 0.717) is 24.6 Å². The van der Waals surface area contributed by atoms with Crippen molar-refractivity contribution in [3.63, 3.8) is 0 Å². The second kappa shape index (κ2) is 7.85. The molecule has 1 saturated heterocycles. The Labute approximate surface area is 145 Å². The lowest BCUT2D eigenvalue weighted by atomic mass is 10.1. The Balaban J connectivity index is 1.73. The largest absolute Gasteiger partial charge is 0.337 e. The predicted octanol–water partition coefficient (Wildman–Crippen LogP) is 2.77. The number of hydrogen-bond acceptors (Lipinski definition) is 4. The highest BCUT2D eigenvalue weighted by Crippen LogP contribution is 2.19. The van der Waals surface area contributed by atoms with Crippen molar-refractivity contribution in [3.8, 4) is 0 Å². The molecule has 1 atom stereocenters. The first-order valence-electron chi connectivity index (χ1n) is 8.24. The van der Waals surface area contributed by atoms with Gasteiger partial charge in [0.05, 0.1) is 24.2 Å². The van der Waals surface area contributed by atoms with Crippen molar-refractivity contribution in [3.05, 3.63) is 51.7 Å². The number of aromatic nitrogens is 1. The van der Waals surface area contributed by atoms with Crippen LogP contribution in [0.15, 0.2) is 29.8 Å². The van der Waals surface area contributed by atoms with E-state index >= 15 is 0 Å². The van der Waals surface area contributed by atoms with Crippen molar-refractivity contribution >= 4 is 17.2 Å². The molecule has 1 aromatic carbocycles. The molecular weight excluding hydrogens is 325 g/mol. The van der Waals surface area contributed by atoms with Gasteiger partial charge in [0.25, 0.3) is 0 Å². The minimum atomic E-state index is -0.317. The number of carbonyl (C=O) groups excluding carboxylic acids is 1. The van der Waals surface area contributed by atoms with Crippen molar-refractivity contribution < 1.29 is 9.18 Å². The summed E-state index contributed by atoms with van der Waals surface area (Å²) >= 11 is 1.57. The monoisotopic (exact) mass is 347 g/mol. The molecule has 4 nitrogen and oxygen atoms in total. The van der Waals surface area contributed by atoms with E-state index in [2.05, 4.69) is 10.3 Å². The van der Waals surface area contributed by atoms with Gasteiger partial charge in [-0.15, -0.1) is 11.3 Å². The van der Waals surface area contributed by atoms with Crippen LogP contribution >= 0.6 is 11.3 Å². The van der Waals surface area contributed by atoms with Crippen LogP contribution in [0.2, 0.25) is 0 Å². The van der Waals surface area contributed by atoms with Gasteiger partial charge in [-0.1, -0.05) is 18.2 Å². The van der Waals surface area contributed by atoms with Gasteiger partial charge in [0.1, 0.15) is 5.82 Å². The maximum atomic E-state index is 13.9. The summed E-state index contributed by atoms with van der Waals surface area (Å²) in [6.45, 7) is 5.16. The van der Waals surface area contributed by atoms with Crippen LogP contribution in [0.25, 0.3) is 0 Å². The van der Waals surface area contributed by atoms with Gasteiger partial charge in [0.2, 0.25) is 5.91 Å². The standard InChI is InChI=1S/C18H22FN3OS/c1-13-17(24-12-21-13)11-22(10-14-6-7-20-9-14)18(23)8-15-4-2-3-5-16(15)19/h2-5,12,14,20H,6-11H2,1H3. The Morgan fingerprint density at radius 2 is 2.29 bits per heavy atom. The fourth-order valence-electron chi connectivity index (χ4n) is 3.00. The normalized spacial score (nSPS) is 17.2. The second-order valence-electron chi connectivity index (χ2n) is 6.26. The molecule has 0 spiro atoms. The number of nitrogens with one attached hydrogen (secondary N) is 1. The molecule has 2 aromatic rings. The lowest BCUT2D eigenvalue weighted by Gasteiger charge is -2.25. The highest BCUT2D eigenvalue weighted by atomic mass is 32.1.